The lowest BCUT2D eigenvalue weighted by molar-refractivity contribution is -0.384. The Labute approximate surface area is 97.9 Å². The molecule has 0 aliphatic carbocycles. The van der Waals surface area contributed by atoms with E-state index in [2.05, 4.69) is 15.6 Å². The summed E-state index contributed by atoms with van der Waals surface area (Å²) in [6.07, 6.45) is 0.102. The van der Waals surface area contributed by atoms with Crippen molar-refractivity contribution >= 4 is 17.5 Å². The van der Waals surface area contributed by atoms with Crippen molar-refractivity contribution in [2.45, 2.75) is 13.3 Å². The molecular formula is C10H13N3O4. The van der Waals surface area contributed by atoms with Crippen LogP contribution < -0.4 is 10.8 Å². The Kier molecular flexibility index (Phi) is 4.74. The number of para-hydroxylation sites is 2. The summed E-state index contributed by atoms with van der Waals surface area (Å²) in [5.41, 5.74) is 2.22. The number of nitrogens with zero attached hydrogens (tertiary/aromatic N) is 1. The Balaban J connectivity index is 2.57. The maximum atomic E-state index is 11.1. The maximum Gasteiger partial charge on any atom is 0.431 e. The van der Waals surface area contributed by atoms with Gasteiger partial charge in [0.1, 0.15) is 5.69 Å². The van der Waals surface area contributed by atoms with Crippen molar-refractivity contribution < 1.29 is 14.6 Å². The first-order valence-electron chi connectivity index (χ1n) is 5.09. The van der Waals surface area contributed by atoms with Gasteiger partial charge in [-0.1, -0.05) is 19.1 Å². The molecule has 1 amide bonds. The molecule has 92 valence electrons. The Hall–Kier alpha value is -2.31. The number of amides is 1. The van der Waals surface area contributed by atoms with Gasteiger partial charge in [-0.3, -0.25) is 10.1 Å². The third-order valence-corrected chi connectivity index (χ3v) is 1.87. The topological polar surface area (TPSA) is 93.5 Å². The van der Waals surface area contributed by atoms with Gasteiger partial charge in [-0.25, -0.2) is 10.3 Å². The van der Waals surface area contributed by atoms with E-state index in [4.69, 9.17) is 0 Å². The first kappa shape index (κ1) is 12.8. The molecule has 0 heterocycles. The second-order valence-corrected chi connectivity index (χ2v) is 3.19. The van der Waals surface area contributed by atoms with E-state index < -0.39 is 11.0 Å². The largest absolute Gasteiger partial charge is 0.431 e. The number of nitrogens with one attached hydrogen (secondary N) is 2. The molecule has 0 atom stereocenters. The van der Waals surface area contributed by atoms with Gasteiger partial charge in [0.25, 0.3) is 5.69 Å². The summed E-state index contributed by atoms with van der Waals surface area (Å²) in [5, 5.41) is 13.1. The highest BCUT2D eigenvalue weighted by Gasteiger charge is 2.13. The lowest BCUT2D eigenvalue weighted by atomic mass is 10.3. The molecule has 0 saturated carbocycles. The Bertz CT molecular complexity index is 408. The predicted molar refractivity (Wildman–Crippen MR) is 61.5 cm³/mol. The van der Waals surface area contributed by atoms with E-state index in [9.17, 15) is 14.9 Å². The molecule has 0 aliphatic heterocycles. The quantitative estimate of drug-likeness (QED) is 0.605. The average molecular weight is 239 g/mol. The molecule has 2 N–H and O–H groups in total. The molecule has 1 rings (SSSR count). The van der Waals surface area contributed by atoms with Crippen LogP contribution in [0.2, 0.25) is 0 Å². The lowest BCUT2D eigenvalue weighted by Gasteiger charge is -2.07. The highest BCUT2D eigenvalue weighted by Crippen LogP contribution is 2.22. The van der Waals surface area contributed by atoms with E-state index in [0.29, 0.717) is 6.54 Å². The Morgan fingerprint density at radius 1 is 1.47 bits per heavy atom. The van der Waals surface area contributed by atoms with Gasteiger partial charge < -0.3 is 10.2 Å². The summed E-state index contributed by atoms with van der Waals surface area (Å²) in [6, 6.07) is 5.89. The zero-order chi connectivity index (χ0) is 12.7. The highest BCUT2D eigenvalue weighted by molar-refractivity contribution is 5.69. The molecule has 0 spiro atoms. The number of carbonyl (C=O) groups is 1. The molecule has 0 aromatic heterocycles. The number of hydrogen-bond acceptors (Lipinski definition) is 5. The van der Waals surface area contributed by atoms with Crippen molar-refractivity contribution in [1.82, 2.24) is 5.32 Å². The van der Waals surface area contributed by atoms with Crippen LogP contribution in [-0.2, 0) is 4.84 Å². The van der Waals surface area contributed by atoms with Crippen molar-refractivity contribution in [3.05, 3.63) is 34.4 Å². The zero-order valence-electron chi connectivity index (χ0n) is 9.30. The SMILES string of the molecule is CCCNC(=O)ONc1ccccc1[N+](=O)[O-]. The number of anilines is 1. The number of carbonyl (C=O) groups excluding carboxylic acids is 1. The summed E-state index contributed by atoms with van der Waals surface area (Å²) in [4.78, 5) is 25.8. The van der Waals surface area contributed by atoms with Crippen LogP contribution in [0.15, 0.2) is 24.3 Å². The molecule has 17 heavy (non-hydrogen) atoms. The Morgan fingerprint density at radius 2 is 2.18 bits per heavy atom. The van der Waals surface area contributed by atoms with Crippen LogP contribution in [0.4, 0.5) is 16.2 Å². The predicted octanol–water partition coefficient (Wildman–Crippen LogP) is 2.06. The summed E-state index contributed by atoms with van der Waals surface area (Å²) in [6.45, 7) is 2.38. The van der Waals surface area contributed by atoms with Gasteiger partial charge in [-0.2, -0.15) is 0 Å². The van der Waals surface area contributed by atoms with Crippen LogP contribution in [0.1, 0.15) is 13.3 Å². The smallest absolute Gasteiger partial charge is 0.324 e. The minimum atomic E-state index is -0.676. The molecule has 1 aromatic rings. The van der Waals surface area contributed by atoms with Crippen molar-refractivity contribution in [3.63, 3.8) is 0 Å². The number of nitro groups is 1. The highest BCUT2D eigenvalue weighted by atomic mass is 16.7. The van der Waals surface area contributed by atoms with E-state index in [1.807, 2.05) is 6.92 Å². The first-order chi connectivity index (χ1) is 8.15. The third kappa shape index (κ3) is 3.98. The molecule has 0 fully saturated rings. The van der Waals surface area contributed by atoms with Gasteiger partial charge in [0.2, 0.25) is 0 Å². The lowest BCUT2D eigenvalue weighted by Crippen LogP contribution is -2.27. The average Bonchev–Trinajstić information content (AvgIpc) is 2.34. The van der Waals surface area contributed by atoms with Gasteiger partial charge in [0.15, 0.2) is 0 Å². The van der Waals surface area contributed by atoms with Gasteiger partial charge in [0.05, 0.1) is 4.92 Å². The number of nitro benzene ring substituents is 1. The molecule has 0 radical (unpaired) electrons. The summed E-state index contributed by atoms with van der Waals surface area (Å²) in [5.74, 6) is 0. The van der Waals surface area contributed by atoms with E-state index in [1.54, 1.807) is 6.07 Å². The van der Waals surface area contributed by atoms with Crippen LogP contribution in [0.25, 0.3) is 0 Å². The standard InChI is InChI=1S/C10H13N3O4/c1-2-7-11-10(14)17-12-8-5-3-4-6-9(8)13(15)16/h3-6,12H,2,7H2,1H3,(H,11,14). The maximum absolute atomic E-state index is 11.1. The molecule has 0 saturated heterocycles. The monoisotopic (exact) mass is 239 g/mol. The van der Waals surface area contributed by atoms with Crippen LogP contribution in [0.5, 0.6) is 0 Å². The van der Waals surface area contributed by atoms with Crippen molar-refractivity contribution in [1.29, 1.82) is 0 Å². The van der Waals surface area contributed by atoms with Crippen LogP contribution in [0.3, 0.4) is 0 Å². The minimum Gasteiger partial charge on any atom is -0.324 e. The second-order valence-electron chi connectivity index (χ2n) is 3.19. The van der Waals surface area contributed by atoms with E-state index >= 15 is 0 Å². The minimum absolute atomic E-state index is 0.129. The van der Waals surface area contributed by atoms with Crippen LogP contribution >= 0.6 is 0 Å². The van der Waals surface area contributed by atoms with Gasteiger partial charge in [-0.05, 0) is 12.5 Å². The summed E-state index contributed by atoms with van der Waals surface area (Å²) in [7, 11) is 0. The van der Waals surface area contributed by atoms with E-state index in [0.717, 1.165) is 6.42 Å². The number of rotatable bonds is 5. The molecule has 0 unspecified atom stereocenters. The second kappa shape index (κ2) is 6.31. The van der Waals surface area contributed by atoms with Crippen LogP contribution in [0, 0.1) is 10.1 Å². The first-order valence-corrected chi connectivity index (χ1v) is 5.09. The fourth-order valence-electron chi connectivity index (χ4n) is 1.08. The normalized spacial score (nSPS) is 9.47. The van der Waals surface area contributed by atoms with Crippen molar-refractivity contribution in [3.8, 4) is 0 Å². The number of benzene rings is 1. The fraction of sp³-hybridized carbons (Fsp3) is 0.300. The molecular weight excluding hydrogens is 226 g/mol. The van der Waals surface area contributed by atoms with E-state index in [1.165, 1.54) is 18.2 Å². The van der Waals surface area contributed by atoms with Gasteiger partial charge in [-0.15, -0.1) is 0 Å². The van der Waals surface area contributed by atoms with Gasteiger partial charge in [0, 0.05) is 12.6 Å². The van der Waals surface area contributed by atoms with Gasteiger partial charge >= 0.3 is 6.09 Å². The summed E-state index contributed by atoms with van der Waals surface area (Å²) >= 11 is 0. The Morgan fingerprint density at radius 3 is 2.82 bits per heavy atom. The molecule has 0 aliphatic rings. The molecule has 7 heteroatoms. The van der Waals surface area contributed by atoms with E-state index in [-0.39, 0.29) is 11.4 Å². The molecule has 0 bridgehead atoms. The van der Waals surface area contributed by atoms with Crippen molar-refractivity contribution in [2.24, 2.45) is 0 Å². The molecule has 7 nitrogen and oxygen atoms in total. The summed E-state index contributed by atoms with van der Waals surface area (Å²) < 4.78 is 0. The number of hydrogen-bond donors (Lipinski definition) is 2. The molecule has 1 aromatic carbocycles. The third-order valence-electron chi connectivity index (χ3n) is 1.87. The fourth-order valence-corrected chi connectivity index (χ4v) is 1.08. The zero-order valence-corrected chi connectivity index (χ0v) is 9.30. The van der Waals surface area contributed by atoms with Crippen molar-refractivity contribution in [2.75, 3.05) is 12.0 Å². The van der Waals surface area contributed by atoms with Crippen LogP contribution in [-0.4, -0.2) is 17.6 Å².